The molecule has 0 bridgehead atoms. The zero-order valence-electron chi connectivity index (χ0n) is 16.5. The average Bonchev–Trinajstić information content (AvgIpc) is 3.19. The minimum Gasteiger partial charge on any atom is -0.342 e. The zero-order valence-corrected chi connectivity index (χ0v) is 16.5. The Morgan fingerprint density at radius 3 is 2.43 bits per heavy atom. The van der Waals surface area contributed by atoms with Gasteiger partial charge in [-0.3, -0.25) is 23.7 Å². The van der Waals surface area contributed by atoms with Gasteiger partial charge in [-0.2, -0.15) is 0 Å². The van der Waals surface area contributed by atoms with Gasteiger partial charge in [0.1, 0.15) is 6.54 Å². The molecule has 9 nitrogen and oxygen atoms in total. The molecular weight excluding hydrogens is 384 g/mol. The molecule has 0 fully saturated rings. The number of hydrogen-bond acceptors (Lipinski definition) is 5. The SMILES string of the molecule is Cn1c(=O)c2c(ncn2CC(=O)NC(c2ccccc2)c2ccccn2)n(C)c1=O. The van der Waals surface area contributed by atoms with Crippen LogP contribution in [0.5, 0.6) is 0 Å². The van der Waals surface area contributed by atoms with Gasteiger partial charge < -0.3 is 9.88 Å². The molecule has 0 saturated heterocycles. The number of carbonyl (C=O) groups excluding carboxylic acids is 1. The van der Waals surface area contributed by atoms with Crippen LogP contribution in [0.25, 0.3) is 11.2 Å². The van der Waals surface area contributed by atoms with E-state index in [1.165, 1.54) is 29.6 Å². The second-order valence-electron chi connectivity index (χ2n) is 6.92. The summed E-state index contributed by atoms with van der Waals surface area (Å²) in [6, 6.07) is 14.6. The van der Waals surface area contributed by atoms with E-state index in [0.29, 0.717) is 5.69 Å². The lowest BCUT2D eigenvalue weighted by Gasteiger charge is -2.19. The van der Waals surface area contributed by atoms with Crippen LogP contribution in [0.1, 0.15) is 17.3 Å². The first-order valence-electron chi connectivity index (χ1n) is 9.33. The Balaban J connectivity index is 1.67. The van der Waals surface area contributed by atoms with Crippen LogP contribution in [-0.2, 0) is 25.4 Å². The molecule has 30 heavy (non-hydrogen) atoms. The number of nitrogens with zero attached hydrogens (tertiary/aromatic N) is 5. The molecule has 1 N–H and O–H groups in total. The monoisotopic (exact) mass is 404 g/mol. The fourth-order valence-electron chi connectivity index (χ4n) is 3.40. The summed E-state index contributed by atoms with van der Waals surface area (Å²) < 4.78 is 3.73. The van der Waals surface area contributed by atoms with Crippen molar-refractivity contribution in [3.63, 3.8) is 0 Å². The average molecular weight is 404 g/mol. The minimum atomic E-state index is -0.497. The number of fused-ring (bicyclic) bond motifs is 1. The van der Waals surface area contributed by atoms with Crippen LogP contribution in [0.4, 0.5) is 0 Å². The molecule has 152 valence electrons. The molecule has 1 atom stereocenters. The second-order valence-corrected chi connectivity index (χ2v) is 6.92. The van der Waals surface area contributed by atoms with Crippen molar-refractivity contribution in [3.05, 3.63) is 93.2 Å². The maximum absolute atomic E-state index is 12.9. The van der Waals surface area contributed by atoms with E-state index in [1.807, 2.05) is 48.5 Å². The fourth-order valence-corrected chi connectivity index (χ4v) is 3.40. The zero-order chi connectivity index (χ0) is 21.3. The van der Waals surface area contributed by atoms with Gasteiger partial charge in [-0.15, -0.1) is 0 Å². The maximum atomic E-state index is 12.9. The van der Waals surface area contributed by atoms with Gasteiger partial charge in [-0.25, -0.2) is 9.78 Å². The fraction of sp³-hybridized carbons (Fsp3) is 0.190. The molecule has 0 saturated carbocycles. The number of amides is 1. The number of carbonyl (C=O) groups is 1. The summed E-state index contributed by atoms with van der Waals surface area (Å²) in [6.45, 7) is -0.125. The van der Waals surface area contributed by atoms with Gasteiger partial charge in [0.25, 0.3) is 5.56 Å². The number of imidazole rings is 1. The molecule has 1 aromatic carbocycles. The molecule has 0 spiro atoms. The summed E-state index contributed by atoms with van der Waals surface area (Å²) in [6.07, 6.45) is 3.06. The van der Waals surface area contributed by atoms with Crippen molar-refractivity contribution in [2.24, 2.45) is 14.1 Å². The van der Waals surface area contributed by atoms with E-state index in [4.69, 9.17) is 0 Å². The lowest BCUT2D eigenvalue weighted by molar-refractivity contribution is -0.122. The molecule has 1 unspecified atom stereocenters. The largest absolute Gasteiger partial charge is 0.342 e. The highest BCUT2D eigenvalue weighted by Crippen LogP contribution is 2.20. The lowest BCUT2D eigenvalue weighted by atomic mass is 10.0. The van der Waals surface area contributed by atoms with Gasteiger partial charge in [0, 0.05) is 20.3 Å². The van der Waals surface area contributed by atoms with Gasteiger partial charge in [0.15, 0.2) is 11.2 Å². The summed E-state index contributed by atoms with van der Waals surface area (Å²) in [5.74, 6) is -0.315. The Labute approximate surface area is 171 Å². The Kier molecular flexibility index (Phi) is 5.01. The number of aryl methyl sites for hydroxylation is 1. The Morgan fingerprint density at radius 1 is 1.00 bits per heavy atom. The minimum absolute atomic E-state index is 0.125. The van der Waals surface area contributed by atoms with Crippen LogP contribution in [0, 0.1) is 0 Å². The second kappa shape index (κ2) is 7.78. The molecule has 0 radical (unpaired) electrons. The first kappa shape index (κ1) is 19.3. The molecule has 3 heterocycles. The first-order chi connectivity index (χ1) is 14.5. The third-order valence-corrected chi connectivity index (χ3v) is 4.95. The predicted molar refractivity (Wildman–Crippen MR) is 111 cm³/mol. The van der Waals surface area contributed by atoms with Gasteiger partial charge in [-0.05, 0) is 17.7 Å². The van der Waals surface area contributed by atoms with Crippen molar-refractivity contribution >= 4 is 17.1 Å². The van der Waals surface area contributed by atoms with Crippen LogP contribution >= 0.6 is 0 Å². The predicted octanol–water partition coefficient (Wildman–Crippen LogP) is 0.734. The van der Waals surface area contributed by atoms with Gasteiger partial charge in [-0.1, -0.05) is 36.4 Å². The van der Waals surface area contributed by atoms with Crippen LogP contribution in [0.15, 0.2) is 70.6 Å². The molecule has 9 heteroatoms. The van der Waals surface area contributed by atoms with E-state index in [0.717, 1.165) is 10.1 Å². The standard InChI is InChI=1S/C21H20N6O3/c1-25-19-18(20(29)26(2)21(25)30)27(13-23-19)12-16(28)24-17(14-8-4-3-5-9-14)15-10-6-7-11-22-15/h3-11,13,17H,12H2,1-2H3,(H,24,28). The normalized spacial score (nSPS) is 12.1. The van der Waals surface area contributed by atoms with Gasteiger partial charge in [0.2, 0.25) is 5.91 Å². The molecule has 0 aliphatic rings. The van der Waals surface area contributed by atoms with Crippen LogP contribution in [0.3, 0.4) is 0 Å². The van der Waals surface area contributed by atoms with E-state index in [9.17, 15) is 14.4 Å². The highest BCUT2D eigenvalue weighted by Gasteiger charge is 2.20. The molecule has 4 aromatic rings. The van der Waals surface area contributed by atoms with E-state index >= 15 is 0 Å². The van der Waals surface area contributed by atoms with E-state index < -0.39 is 17.3 Å². The summed E-state index contributed by atoms with van der Waals surface area (Å²) in [5.41, 5.74) is 1.05. The quantitative estimate of drug-likeness (QED) is 0.528. The number of benzene rings is 1. The van der Waals surface area contributed by atoms with Crippen molar-refractivity contribution in [2.45, 2.75) is 12.6 Å². The Morgan fingerprint density at radius 2 is 1.73 bits per heavy atom. The van der Waals surface area contributed by atoms with Crippen LogP contribution in [-0.4, -0.2) is 29.6 Å². The van der Waals surface area contributed by atoms with Crippen molar-refractivity contribution in [2.75, 3.05) is 0 Å². The third kappa shape index (κ3) is 3.41. The topological polar surface area (TPSA) is 104 Å². The Hall–Kier alpha value is -4.01. The van der Waals surface area contributed by atoms with Gasteiger partial charge in [0.05, 0.1) is 18.1 Å². The van der Waals surface area contributed by atoms with Crippen LogP contribution in [0.2, 0.25) is 0 Å². The first-order valence-corrected chi connectivity index (χ1v) is 9.33. The number of hydrogen-bond donors (Lipinski definition) is 1. The summed E-state index contributed by atoms with van der Waals surface area (Å²) >= 11 is 0. The molecule has 1 amide bonds. The molecule has 3 aromatic heterocycles. The molecule has 0 aliphatic heterocycles. The van der Waals surface area contributed by atoms with E-state index in [2.05, 4.69) is 15.3 Å². The molecule has 4 rings (SSSR count). The number of nitrogens with one attached hydrogen (secondary N) is 1. The van der Waals surface area contributed by atoms with Crippen molar-refractivity contribution < 1.29 is 4.79 Å². The van der Waals surface area contributed by atoms with Gasteiger partial charge >= 0.3 is 5.69 Å². The number of rotatable bonds is 5. The maximum Gasteiger partial charge on any atom is 0.332 e. The molecule has 0 aliphatic carbocycles. The summed E-state index contributed by atoms with van der Waals surface area (Å²) in [4.78, 5) is 46.1. The Bertz CT molecular complexity index is 1280. The van der Waals surface area contributed by atoms with Crippen molar-refractivity contribution in [1.29, 1.82) is 0 Å². The smallest absolute Gasteiger partial charge is 0.332 e. The van der Waals surface area contributed by atoms with Crippen molar-refractivity contribution in [1.82, 2.24) is 29.0 Å². The van der Waals surface area contributed by atoms with Crippen molar-refractivity contribution in [3.8, 4) is 0 Å². The van der Waals surface area contributed by atoms with E-state index in [1.54, 1.807) is 6.20 Å². The highest BCUT2D eigenvalue weighted by atomic mass is 16.2. The lowest BCUT2D eigenvalue weighted by Crippen LogP contribution is -2.38. The number of aromatic nitrogens is 5. The summed E-state index contributed by atoms with van der Waals surface area (Å²) in [7, 11) is 2.93. The summed E-state index contributed by atoms with van der Waals surface area (Å²) in [5, 5.41) is 2.99. The third-order valence-electron chi connectivity index (χ3n) is 4.95. The highest BCUT2D eigenvalue weighted by molar-refractivity contribution is 5.79. The molecular formula is C21H20N6O3. The van der Waals surface area contributed by atoms with Crippen LogP contribution < -0.4 is 16.6 Å². The van der Waals surface area contributed by atoms with E-state index in [-0.39, 0.29) is 23.6 Å². The number of pyridine rings is 1.